The number of pyridine rings is 1. The van der Waals surface area contributed by atoms with E-state index in [4.69, 9.17) is 0 Å². The van der Waals surface area contributed by atoms with Crippen molar-refractivity contribution in [3.8, 4) is 0 Å². The van der Waals surface area contributed by atoms with Gasteiger partial charge in [0.05, 0.1) is 0 Å². The number of aliphatic imine (C=N–C) groups is 1. The van der Waals surface area contributed by atoms with Crippen LogP contribution in [0.15, 0.2) is 23.5 Å². The van der Waals surface area contributed by atoms with Gasteiger partial charge in [-0.25, -0.2) is 0 Å². The molecule has 0 aromatic carbocycles. The molecule has 1 saturated heterocycles. The molecule has 0 radical (unpaired) electrons. The van der Waals surface area contributed by atoms with Crippen molar-refractivity contribution in [1.29, 1.82) is 0 Å². The highest BCUT2D eigenvalue weighted by Crippen LogP contribution is 2.17. The van der Waals surface area contributed by atoms with Gasteiger partial charge in [-0.2, -0.15) is 0 Å². The molecule has 1 aliphatic rings. The number of rotatable bonds is 7. The lowest BCUT2D eigenvalue weighted by molar-refractivity contribution is 0.161. The minimum Gasteiger partial charge on any atom is -0.356 e. The molecule has 5 heteroatoms. The van der Waals surface area contributed by atoms with Crippen LogP contribution < -0.4 is 10.6 Å². The van der Waals surface area contributed by atoms with Crippen molar-refractivity contribution in [3.63, 3.8) is 0 Å². The largest absolute Gasteiger partial charge is 0.356 e. The van der Waals surface area contributed by atoms with Crippen molar-refractivity contribution in [1.82, 2.24) is 20.5 Å². The lowest BCUT2D eigenvalue weighted by Crippen LogP contribution is -2.50. The van der Waals surface area contributed by atoms with Gasteiger partial charge in [-0.05, 0) is 62.4 Å². The molecule has 1 atom stereocenters. The van der Waals surface area contributed by atoms with E-state index < -0.39 is 0 Å². The summed E-state index contributed by atoms with van der Waals surface area (Å²) < 4.78 is 0. The Hall–Kier alpha value is -1.62. The van der Waals surface area contributed by atoms with Gasteiger partial charge < -0.3 is 10.6 Å². The normalized spacial score (nSPS) is 17.8. The van der Waals surface area contributed by atoms with E-state index in [9.17, 15) is 0 Å². The third-order valence-corrected chi connectivity index (χ3v) is 5.40. The summed E-state index contributed by atoms with van der Waals surface area (Å²) in [5.74, 6) is 1.54. The summed E-state index contributed by atoms with van der Waals surface area (Å²) in [6.07, 6.45) is 10.2. The monoisotopic (exact) mass is 359 g/mol. The molecule has 1 unspecified atom stereocenters. The van der Waals surface area contributed by atoms with E-state index in [0.717, 1.165) is 25.5 Å². The molecule has 0 amide bonds. The lowest BCUT2D eigenvalue weighted by Gasteiger charge is -2.34. The second kappa shape index (κ2) is 11.2. The first-order valence-electron chi connectivity index (χ1n) is 10.2. The quantitative estimate of drug-likeness (QED) is 0.580. The standard InChI is InChI=1S/C21H37N5/c1-17(2)20(26-13-7-5-6-8-14-26)16-25-21(22-4)24-12-10-19-9-11-23-15-18(19)3/h9,11,15,17,20H,5-8,10,12-14,16H2,1-4H3,(H2,22,24,25). The minimum atomic E-state index is 0.564. The van der Waals surface area contributed by atoms with Gasteiger partial charge in [-0.15, -0.1) is 0 Å². The molecular weight excluding hydrogens is 322 g/mol. The van der Waals surface area contributed by atoms with Crippen molar-refractivity contribution in [2.24, 2.45) is 10.9 Å². The summed E-state index contributed by atoms with van der Waals surface area (Å²) in [5.41, 5.74) is 2.59. The number of likely N-dealkylation sites (tertiary alicyclic amines) is 1. The number of hydrogen-bond acceptors (Lipinski definition) is 3. The molecule has 1 fully saturated rings. The molecule has 1 aromatic rings. The Kier molecular flexibility index (Phi) is 8.89. The number of aryl methyl sites for hydroxylation is 1. The first kappa shape index (κ1) is 20.7. The van der Waals surface area contributed by atoms with Gasteiger partial charge in [0.2, 0.25) is 0 Å². The van der Waals surface area contributed by atoms with Gasteiger partial charge in [0.1, 0.15) is 0 Å². The molecule has 2 heterocycles. The Morgan fingerprint density at radius 2 is 1.92 bits per heavy atom. The molecule has 5 nitrogen and oxygen atoms in total. The van der Waals surface area contributed by atoms with Gasteiger partial charge >= 0.3 is 0 Å². The molecule has 26 heavy (non-hydrogen) atoms. The minimum absolute atomic E-state index is 0.564. The summed E-state index contributed by atoms with van der Waals surface area (Å²) in [4.78, 5) is 11.2. The average molecular weight is 360 g/mol. The van der Waals surface area contributed by atoms with Crippen LogP contribution in [0.5, 0.6) is 0 Å². The fourth-order valence-corrected chi connectivity index (χ4v) is 3.73. The van der Waals surface area contributed by atoms with E-state index in [2.05, 4.69) is 52.3 Å². The van der Waals surface area contributed by atoms with Crippen LogP contribution in [-0.4, -0.2) is 55.1 Å². The van der Waals surface area contributed by atoms with E-state index in [1.54, 1.807) is 0 Å². The number of aromatic nitrogens is 1. The van der Waals surface area contributed by atoms with Crippen molar-refractivity contribution >= 4 is 5.96 Å². The maximum atomic E-state index is 4.40. The Morgan fingerprint density at radius 1 is 1.19 bits per heavy atom. The van der Waals surface area contributed by atoms with Gasteiger partial charge in [-0.3, -0.25) is 14.9 Å². The Balaban J connectivity index is 1.81. The molecule has 1 aromatic heterocycles. The average Bonchev–Trinajstić information content (AvgIpc) is 2.91. The Morgan fingerprint density at radius 3 is 2.54 bits per heavy atom. The van der Waals surface area contributed by atoms with Crippen molar-refractivity contribution in [3.05, 3.63) is 29.6 Å². The summed E-state index contributed by atoms with van der Waals surface area (Å²) in [6, 6.07) is 2.66. The molecule has 0 bridgehead atoms. The lowest BCUT2D eigenvalue weighted by atomic mass is 10.0. The molecule has 146 valence electrons. The number of nitrogens with zero attached hydrogens (tertiary/aromatic N) is 3. The molecular formula is C21H37N5. The number of hydrogen-bond donors (Lipinski definition) is 2. The molecule has 2 N–H and O–H groups in total. The summed E-state index contributed by atoms with van der Waals surface area (Å²) in [6.45, 7) is 11.1. The zero-order valence-electron chi connectivity index (χ0n) is 17.1. The van der Waals surface area contributed by atoms with Crippen LogP contribution in [0.1, 0.15) is 50.7 Å². The fraction of sp³-hybridized carbons (Fsp3) is 0.714. The van der Waals surface area contributed by atoms with E-state index in [0.29, 0.717) is 12.0 Å². The highest BCUT2D eigenvalue weighted by molar-refractivity contribution is 5.79. The predicted octanol–water partition coefficient (Wildman–Crippen LogP) is 3.00. The zero-order chi connectivity index (χ0) is 18.8. The van der Waals surface area contributed by atoms with Gasteiger partial charge in [0.15, 0.2) is 5.96 Å². The third-order valence-electron chi connectivity index (χ3n) is 5.40. The van der Waals surface area contributed by atoms with Crippen LogP contribution in [0.3, 0.4) is 0 Å². The van der Waals surface area contributed by atoms with E-state index >= 15 is 0 Å². The molecule has 0 aliphatic carbocycles. The third kappa shape index (κ3) is 6.60. The summed E-state index contributed by atoms with van der Waals surface area (Å²) >= 11 is 0. The smallest absolute Gasteiger partial charge is 0.191 e. The van der Waals surface area contributed by atoms with Crippen LogP contribution in [0.2, 0.25) is 0 Å². The predicted molar refractivity (Wildman–Crippen MR) is 111 cm³/mol. The molecule has 0 spiro atoms. The van der Waals surface area contributed by atoms with Crippen LogP contribution in [-0.2, 0) is 6.42 Å². The fourth-order valence-electron chi connectivity index (χ4n) is 3.73. The van der Waals surface area contributed by atoms with Crippen molar-refractivity contribution in [2.45, 2.75) is 58.9 Å². The Labute approximate surface area is 159 Å². The SMILES string of the molecule is CN=C(NCCc1ccncc1C)NCC(C(C)C)N1CCCCCC1. The molecule has 0 saturated carbocycles. The number of nitrogens with one attached hydrogen (secondary N) is 2. The maximum Gasteiger partial charge on any atom is 0.191 e. The summed E-state index contributed by atoms with van der Waals surface area (Å²) in [7, 11) is 1.85. The zero-order valence-corrected chi connectivity index (χ0v) is 17.1. The van der Waals surface area contributed by atoms with E-state index in [-0.39, 0.29) is 0 Å². The van der Waals surface area contributed by atoms with E-state index in [1.807, 2.05) is 19.4 Å². The second-order valence-electron chi connectivity index (χ2n) is 7.69. The van der Waals surface area contributed by atoms with Gasteiger partial charge in [0.25, 0.3) is 0 Å². The molecule has 2 rings (SSSR count). The van der Waals surface area contributed by atoms with Crippen LogP contribution in [0.4, 0.5) is 0 Å². The number of guanidine groups is 1. The van der Waals surface area contributed by atoms with Crippen LogP contribution >= 0.6 is 0 Å². The first-order valence-corrected chi connectivity index (χ1v) is 10.2. The first-order chi connectivity index (χ1) is 12.6. The Bertz CT molecular complexity index is 547. The van der Waals surface area contributed by atoms with Crippen molar-refractivity contribution in [2.75, 3.05) is 33.2 Å². The topological polar surface area (TPSA) is 52.6 Å². The van der Waals surface area contributed by atoms with Crippen molar-refractivity contribution < 1.29 is 0 Å². The maximum absolute atomic E-state index is 4.40. The van der Waals surface area contributed by atoms with Gasteiger partial charge in [-0.1, -0.05) is 26.7 Å². The second-order valence-corrected chi connectivity index (χ2v) is 7.69. The molecule has 1 aliphatic heterocycles. The highest BCUT2D eigenvalue weighted by Gasteiger charge is 2.22. The van der Waals surface area contributed by atoms with Crippen LogP contribution in [0.25, 0.3) is 0 Å². The van der Waals surface area contributed by atoms with E-state index in [1.165, 1.54) is 49.9 Å². The highest BCUT2D eigenvalue weighted by atomic mass is 15.2. The van der Waals surface area contributed by atoms with Crippen LogP contribution in [0, 0.1) is 12.8 Å². The summed E-state index contributed by atoms with van der Waals surface area (Å²) in [5, 5.41) is 7.01. The van der Waals surface area contributed by atoms with Gasteiger partial charge in [0, 0.05) is 38.6 Å².